The fourth-order valence-electron chi connectivity index (χ4n) is 2.86. The fourth-order valence-corrected chi connectivity index (χ4v) is 3.27. The lowest BCUT2D eigenvalue weighted by Crippen LogP contribution is -2.39. The number of nitrogens with zero attached hydrogens (tertiary/aromatic N) is 1. The zero-order valence-electron chi connectivity index (χ0n) is 9.96. The maximum atomic E-state index is 12.1. The van der Waals surface area contributed by atoms with Gasteiger partial charge in [0.15, 0.2) is 0 Å². The van der Waals surface area contributed by atoms with Crippen molar-refractivity contribution in [1.82, 2.24) is 4.90 Å². The van der Waals surface area contributed by atoms with Crippen molar-refractivity contribution in [2.24, 2.45) is 5.92 Å². The van der Waals surface area contributed by atoms with Crippen molar-refractivity contribution in [3.05, 3.63) is 0 Å². The Hall–Kier alpha value is -0.0500. The van der Waals surface area contributed by atoms with E-state index < -0.39 is 0 Å². The second-order valence-corrected chi connectivity index (χ2v) is 6.56. The van der Waals surface area contributed by atoms with Crippen LogP contribution in [0.5, 0.6) is 0 Å². The van der Waals surface area contributed by atoms with Gasteiger partial charge in [-0.05, 0) is 31.6 Å². The Morgan fingerprint density at radius 1 is 1.06 bits per heavy atom. The minimum absolute atomic E-state index is 0.409. The number of hydrogen-bond acceptors (Lipinski definition) is 1. The van der Waals surface area contributed by atoms with Gasteiger partial charge in [0, 0.05) is 24.3 Å². The number of halogens is 1. The summed E-state index contributed by atoms with van der Waals surface area (Å²) in [5.41, 5.74) is 0. The van der Waals surface area contributed by atoms with Crippen molar-refractivity contribution in [1.29, 1.82) is 0 Å². The number of piperidine rings is 1. The summed E-state index contributed by atoms with van der Waals surface area (Å²) < 4.78 is 0. The van der Waals surface area contributed by atoms with Crippen LogP contribution in [0.25, 0.3) is 0 Å². The average molecular weight is 288 g/mol. The van der Waals surface area contributed by atoms with Crippen molar-refractivity contribution >= 4 is 21.8 Å². The maximum absolute atomic E-state index is 12.1. The molecule has 1 amide bonds. The molecule has 0 unspecified atom stereocenters. The van der Waals surface area contributed by atoms with Crippen LogP contribution in [0.2, 0.25) is 0 Å². The Morgan fingerprint density at radius 2 is 1.69 bits per heavy atom. The summed E-state index contributed by atoms with van der Waals surface area (Å²) >= 11 is 3.63. The van der Waals surface area contributed by atoms with Crippen LogP contribution in [0.3, 0.4) is 0 Å². The van der Waals surface area contributed by atoms with Gasteiger partial charge in [-0.25, -0.2) is 0 Å². The molecule has 1 aliphatic carbocycles. The van der Waals surface area contributed by atoms with Crippen LogP contribution < -0.4 is 0 Å². The van der Waals surface area contributed by atoms with Crippen molar-refractivity contribution < 1.29 is 4.79 Å². The molecule has 3 heteroatoms. The second kappa shape index (κ2) is 6.04. The van der Waals surface area contributed by atoms with E-state index >= 15 is 0 Å². The van der Waals surface area contributed by atoms with Crippen LogP contribution in [-0.2, 0) is 4.79 Å². The molecule has 0 atom stereocenters. The lowest BCUT2D eigenvalue weighted by atomic mass is 9.86. The molecule has 1 saturated carbocycles. The van der Waals surface area contributed by atoms with Gasteiger partial charge in [0.25, 0.3) is 0 Å². The first-order chi connectivity index (χ1) is 7.75. The Bertz CT molecular complexity index is 230. The molecule has 2 fully saturated rings. The van der Waals surface area contributed by atoms with E-state index in [9.17, 15) is 4.79 Å². The molecule has 16 heavy (non-hydrogen) atoms. The molecule has 0 radical (unpaired) electrons. The maximum Gasteiger partial charge on any atom is 0.222 e. The molecule has 0 N–H and O–H groups in total. The third-order valence-electron chi connectivity index (χ3n) is 3.97. The fraction of sp³-hybridized carbons (Fsp3) is 0.923. The average Bonchev–Trinajstić information content (AvgIpc) is 2.31. The van der Waals surface area contributed by atoms with Crippen LogP contribution in [0, 0.1) is 5.92 Å². The molecule has 1 aliphatic heterocycles. The monoisotopic (exact) mass is 287 g/mol. The molecular weight excluding hydrogens is 266 g/mol. The number of carbonyl (C=O) groups is 1. The highest BCUT2D eigenvalue weighted by atomic mass is 79.9. The van der Waals surface area contributed by atoms with Crippen LogP contribution in [-0.4, -0.2) is 28.7 Å². The zero-order chi connectivity index (χ0) is 11.4. The van der Waals surface area contributed by atoms with E-state index in [-0.39, 0.29) is 0 Å². The van der Waals surface area contributed by atoms with Gasteiger partial charge in [-0.15, -0.1) is 0 Å². The highest BCUT2D eigenvalue weighted by molar-refractivity contribution is 9.09. The van der Waals surface area contributed by atoms with Crippen molar-refractivity contribution in [2.75, 3.05) is 13.1 Å². The van der Waals surface area contributed by atoms with Crippen molar-refractivity contribution in [2.45, 2.75) is 56.2 Å². The molecule has 0 aromatic heterocycles. The lowest BCUT2D eigenvalue weighted by molar-refractivity contribution is -0.133. The highest BCUT2D eigenvalue weighted by Gasteiger charge is 2.24. The van der Waals surface area contributed by atoms with E-state index in [2.05, 4.69) is 20.8 Å². The predicted molar refractivity (Wildman–Crippen MR) is 69.7 cm³/mol. The minimum atomic E-state index is 0.409. The molecule has 0 spiro atoms. The number of carbonyl (C=O) groups excluding carboxylic acids is 1. The van der Waals surface area contributed by atoms with Gasteiger partial charge >= 0.3 is 0 Å². The number of amides is 1. The Balaban J connectivity index is 1.74. The Morgan fingerprint density at radius 3 is 2.31 bits per heavy atom. The second-order valence-electron chi connectivity index (χ2n) is 5.26. The van der Waals surface area contributed by atoms with Gasteiger partial charge in [-0.1, -0.05) is 35.2 Å². The van der Waals surface area contributed by atoms with E-state index in [1.54, 1.807) is 0 Å². The Labute approximate surface area is 107 Å². The summed E-state index contributed by atoms with van der Waals surface area (Å²) in [5.74, 6) is 1.09. The number of alkyl halides is 1. The van der Waals surface area contributed by atoms with Gasteiger partial charge in [-0.2, -0.15) is 0 Å². The topological polar surface area (TPSA) is 20.3 Å². The summed E-state index contributed by atoms with van der Waals surface area (Å²) in [6, 6.07) is 0. The van der Waals surface area contributed by atoms with Gasteiger partial charge in [0.05, 0.1) is 0 Å². The smallest absolute Gasteiger partial charge is 0.222 e. The third-order valence-corrected chi connectivity index (χ3v) is 4.88. The van der Waals surface area contributed by atoms with Crippen LogP contribution in [0.15, 0.2) is 0 Å². The van der Waals surface area contributed by atoms with Gasteiger partial charge in [0.1, 0.15) is 0 Å². The van der Waals surface area contributed by atoms with E-state index in [1.165, 1.54) is 32.1 Å². The van der Waals surface area contributed by atoms with Crippen LogP contribution in [0.4, 0.5) is 0 Å². The van der Waals surface area contributed by atoms with Crippen LogP contribution >= 0.6 is 15.9 Å². The Kier molecular flexibility index (Phi) is 4.68. The molecule has 2 rings (SSSR count). The van der Waals surface area contributed by atoms with E-state index in [0.29, 0.717) is 16.7 Å². The summed E-state index contributed by atoms with van der Waals surface area (Å²) in [5, 5.41) is 0. The van der Waals surface area contributed by atoms with E-state index in [1.807, 2.05) is 0 Å². The molecule has 1 heterocycles. The summed E-state index contributed by atoms with van der Waals surface area (Å²) in [4.78, 5) is 14.8. The summed E-state index contributed by atoms with van der Waals surface area (Å²) in [7, 11) is 0. The van der Waals surface area contributed by atoms with Gasteiger partial charge in [-0.3, -0.25) is 4.79 Å². The van der Waals surface area contributed by atoms with E-state index in [4.69, 9.17) is 0 Å². The number of likely N-dealkylation sites (tertiary alicyclic amines) is 1. The number of hydrogen-bond donors (Lipinski definition) is 0. The standard InChI is InChI=1S/C13H22BrNO/c14-12-6-8-15(9-7-12)13(16)10-11-4-2-1-3-5-11/h11-12H,1-10H2. The summed E-state index contributed by atoms with van der Waals surface area (Å²) in [6.45, 7) is 1.92. The first kappa shape index (κ1) is 12.4. The summed E-state index contributed by atoms with van der Waals surface area (Å²) in [6.07, 6.45) is 9.66. The third kappa shape index (κ3) is 3.47. The largest absolute Gasteiger partial charge is 0.343 e. The normalized spacial score (nSPS) is 24.7. The van der Waals surface area contributed by atoms with Gasteiger partial charge in [0.2, 0.25) is 5.91 Å². The van der Waals surface area contributed by atoms with Gasteiger partial charge < -0.3 is 4.90 Å². The molecule has 2 aliphatic rings. The van der Waals surface area contributed by atoms with E-state index in [0.717, 1.165) is 32.4 Å². The van der Waals surface area contributed by atoms with Crippen LogP contribution in [0.1, 0.15) is 51.4 Å². The van der Waals surface area contributed by atoms with Crippen molar-refractivity contribution in [3.63, 3.8) is 0 Å². The molecular formula is C13H22BrNO. The SMILES string of the molecule is O=C(CC1CCCCC1)N1CCC(Br)CC1. The first-order valence-corrected chi connectivity index (χ1v) is 7.59. The molecule has 1 saturated heterocycles. The number of rotatable bonds is 2. The zero-order valence-corrected chi connectivity index (χ0v) is 11.5. The molecule has 2 nitrogen and oxygen atoms in total. The quantitative estimate of drug-likeness (QED) is 0.714. The molecule has 0 bridgehead atoms. The molecule has 0 aromatic carbocycles. The molecule has 92 valence electrons. The highest BCUT2D eigenvalue weighted by Crippen LogP contribution is 2.27. The lowest BCUT2D eigenvalue weighted by Gasteiger charge is -2.31. The predicted octanol–water partition coefficient (Wildman–Crippen LogP) is 3.34. The first-order valence-electron chi connectivity index (χ1n) is 6.67. The van der Waals surface area contributed by atoms with Crippen molar-refractivity contribution in [3.8, 4) is 0 Å². The minimum Gasteiger partial charge on any atom is -0.343 e. The molecule has 0 aromatic rings.